The number of urea groups is 1. The molecule has 1 saturated heterocycles. The summed E-state index contributed by atoms with van der Waals surface area (Å²) in [6, 6.07) is 7.59. The van der Waals surface area contributed by atoms with E-state index in [2.05, 4.69) is 37.2 Å². The van der Waals surface area contributed by atoms with Gasteiger partial charge in [-0.1, -0.05) is 15.9 Å². The lowest BCUT2D eigenvalue weighted by atomic mass is 10.1. The molecule has 0 spiro atoms. The Morgan fingerprint density at radius 2 is 1.83 bits per heavy atom. The van der Waals surface area contributed by atoms with Crippen molar-refractivity contribution in [2.24, 2.45) is 0 Å². The third-order valence-electron chi connectivity index (χ3n) is 4.35. The summed E-state index contributed by atoms with van der Waals surface area (Å²) in [5.74, 6) is -0.518. The zero-order valence-electron chi connectivity index (χ0n) is 16.4. The number of halogens is 2. The molecule has 0 aromatic heterocycles. The summed E-state index contributed by atoms with van der Waals surface area (Å²) in [5.41, 5.74) is 1.56. The van der Waals surface area contributed by atoms with Crippen molar-refractivity contribution in [2.75, 3.05) is 18.6 Å². The molecular weight excluding hydrogens is 520 g/mol. The summed E-state index contributed by atoms with van der Waals surface area (Å²) in [6.07, 6.45) is 1.41. The maximum Gasteiger partial charge on any atom is 0.335 e. The van der Waals surface area contributed by atoms with Crippen molar-refractivity contribution in [3.63, 3.8) is 0 Å². The molecule has 0 unspecified atom stereocenters. The predicted octanol–water partition coefficient (Wildman–Crippen LogP) is 4.59. The van der Waals surface area contributed by atoms with Crippen LogP contribution in [-0.2, 0) is 9.59 Å². The Bertz CT molecular complexity index is 1080. The molecule has 0 atom stereocenters. The summed E-state index contributed by atoms with van der Waals surface area (Å²) >= 11 is 6.81. The lowest BCUT2D eigenvalue weighted by Gasteiger charge is -2.26. The van der Waals surface area contributed by atoms with Crippen LogP contribution in [-0.4, -0.2) is 31.6 Å². The molecule has 2 aromatic carbocycles. The monoisotopic (exact) mass is 536 g/mol. The number of benzene rings is 2. The first kappa shape index (κ1) is 22.0. The van der Waals surface area contributed by atoms with Gasteiger partial charge >= 0.3 is 6.03 Å². The van der Waals surface area contributed by atoms with Gasteiger partial charge in [0.15, 0.2) is 11.5 Å². The van der Waals surface area contributed by atoms with Crippen molar-refractivity contribution in [2.45, 2.75) is 13.8 Å². The van der Waals surface area contributed by atoms with Crippen LogP contribution in [0.2, 0.25) is 0 Å². The normalized spacial score (nSPS) is 15.4. The van der Waals surface area contributed by atoms with Crippen molar-refractivity contribution >= 4 is 61.5 Å². The second-order valence-electron chi connectivity index (χ2n) is 6.36. The van der Waals surface area contributed by atoms with Gasteiger partial charge in [0, 0.05) is 4.47 Å². The number of barbiturate groups is 1. The number of nitrogens with zero attached hydrogens (tertiary/aromatic N) is 1. The van der Waals surface area contributed by atoms with E-state index in [1.54, 1.807) is 30.3 Å². The number of carbonyl (C=O) groups excluding carboxylic acids is 3. The van der Waals surface area contributed by atoms with E-state index in [0.717, 1.165) is 14.9 Å². The Hall–Kier alpha value is -2.65. The van der Waals surface area contributed by atoms with Crippen LogP contribution in [0, 0.1) is 6.92 Å². The van der Waals surface area contributed by atoms with E-state index in [1.807, 2.05) is 13.8 Å². The predicted molar refractivity (Wildman–Crippen MR) is 120 cm³/mol. The molecule has 0 bridgehead atoms. The highest BCUT2D eigenvalue weighted by Crippen LogP contribution is 2.37. The first-order chi connectivity index (χ1) is 14.3. The molecule has 9 heteroatoms. The second kappa shape index (κ2) is 9.01. The van der Waals surface area contributed by atoms with Gasteiger partial charge in [-0.25, -0.2) is 9.69 Å². The van der Waals surface area contributed by atoms with Gasteiger partial charge in [-0.05, 0) is 77.3 Å². The van der Waals surface area contributed by atoms with Crippen LogP contribution in [0.25, 0.3) is 6.08 Å². The summed E-state index contributed by atoms with van der Waals surface area (Å²) in [6.45, 7) is 4.13. The Morgan fingerprint density at radius 1 is 1.10 bits per heavy atom. The number of imide groups is 2. The standard InChI is InChI=1S/C21H18Br2N2O5/c1-4-30-18-16(23)9-12(10-17(18)29-3)8-14-19(26)24-21(28)25(20(14)27)13-5-6-15(22)11(2)7-13/h5-10H,4H2,1-3H3,(H,24,26,28)/b14-8+. The molecule has 2 aromatic rings. The minimum atomic E-state index is -0.797. The fraction of sp³-hybridized carbons (Fsp3) is 0.190. The van der Waals surface area contributed by atoms with Crippen molar-refractivity contribution < 1.29 is 23.9 Å². The van der Waals surface area contributed by atoms with Gasteiger partial charge in [-0.15, -0.1) is 0 Å². The third kappa shape index (κ3) is 4.27. The third-order valence-corrected chi connectivity index (χ3v) is 5.83. The van der Waals surface area contributed by atoms with Crippen LogP contribution < -0.4 is 19.7 Å². The van der Waals surface area contributed by atoms with Gasteiger partial charge in [0.2, 0.25) is 0 Å². The quantitative estimate of drug-likeness (QED) is 0.445. The molecule has 1 fully saturated rings. The number of anilines is 1. The molecule has 0 aliphatic carbocycles. The minimum Gasteiger partial charge on any atom is -0.493 e. The van der Waals surface area contributed by atoms with Crippen LogP contribution in [0.4, 0.5) is 10.5 Å². The van der Waals surface area contributed by atoms with Crippen molar-refractivity contribution in [1.82, 2.24) is 5.32 Å². The van der Waals surface area contributed by atoms with Crippen LogP contribution in [0.15, 0.2) is 44.9 Å². The van der Waals surface area contributed by atoms with Gasteiger partial charge in [0.05, 0.1) is 23.9 Å². The molecule has 1 aliphatic heterocycles. The maximum absolute atomic E-state index is 13.1. The number of rotatable bonds is 5. The van der Waals surface area contributed by atoms with Crippen LogP contribution >= 0.6 is 31.9 Å². The number of nitrogens with one attached hydrogen (secondary N) is 1. The first-order valence-corrected chi connectivity index (χ1v) is 10.5. The fourth-order valence-electron chi connectivity index (χ4n) is 2.93. The molecule has 156 valence electrons. The molecule has 1 N–H and O–H groups in total. The fourth-order valence-corrected chi connectivity index (χ4v) is 3.75. The highest BCUT2D eigenvalue weighted by Gasteiger charge is 2.37. The number of methoxy groups -OCH3 is 1. The minimum absolute atomic E-state index is 0.173. The van der Waals surface area contributed by atoms with Crippen LogP contribution in [0.5, 0.6) is 11.5 Å². The maximum atomic E-state index is 13.1. The molecule has 3 rings (SSSR count). The van der Waals surface area contributed by atoms with E-state index in [0.29, 0.717) is 33.8 Å². The van der Waals surface area contributed by atoms with Crippen molar-refractivity contribution in [3.8, 4) is 11.5 Å². The molecule has 30 heavy (non-hydrogen) atoms. The van der Waals surface area contributed by atoms with E-state index < -0.39 is 17.8 Å². The number of amides is 4. The Balaban J connectivity index is 2.04. The van der Waals surface area contributed by atoms with Gasteiger partial charge in [-0.3, -0.25) is 14.9 Å². The highest BCUT2D eigenvalue weighted by atomic mass is 79.9. The van der Waals surface area contributed by atoms with E-state index in [4.69, 9.17) is 9.47 Å². The van der Waals surface area contributed by atoms with E-state index in [1.165, 1.54) is 13.2 Å². The van der Waals surface area contributed by atoms with Crippen molar-refractivity contribution in [1.29, 1.82) is 0 Å². The van der Waals surface area contributed by atoms with E-state index in [9.17, 15) is 14.4 Å². The Morgan fingerprint density at radius 3 is 2.47 bits per heavy atom. The van der Waals surface area contributed by atoms with Crippen LogP contribution in [0.1, 0.15) is 18.1 Å². The highest BCUT2D eigenvalue weighted by molar-refractivity contribution is 9.10. The number of carbonyl (C=O) groups is 3. The van der Waals surface area contributed by atoms with Gasteiger partial charge in [-0.2, -0.15) is 0 Å². The van der Waals surface area contributed by atoms with Gasteiger partial charge < -0.3 is 9.47 Å². The summed E-state index contributed by atoms with van der Waals surface area (Å²) in [4.78, 5) is 38.8. The zero-order chi connectivity index (χ0) is 22.0. The Labute approximate surface area is 190 Å². The first-order valence-electron chi connectivity index (χ1n) is 8.94. The zero-order valence-corrected chi connectivity index (χ0v) is 19.6. The topological polar surface area (TPSA) is 84.9 Å². The number of ether oxygens (including phenoxy) is 2. The van der Waals surface area contributed by atoms with Crippen molar-refractivity contribution in [3.05, 3.63) is 56.0 Å². The second-order valence-corrected chi connectivity index (χ2v) is 8.07. The Kier molecular flexibility index (Phi) is 6.62. The molecule has 1 aliphatic rings. The smallest absolute Gasteiger partial charge is 0.335 e. The van der Waals surface area contributed by atoms with E-state index >= 15 is 0 Å². The van der Waals surface area contributed by atoms with E-state index in [-0.39, 0.29) is 5.57 Å². The lowest BCUT2D eigenvalue weighted by molar-refractivity contribution is -0.122. The summed E-state index contributed by atoms with van der Waals surface area (Å²) in [7, 11) is 1.50. The molecule has 7 nitrogen and oxygen atoms in total. The molecule has 0 radical (unpaired) electrons. The summed E-state index contributed by atoms with van der Waals surface area (Å²) in [5, 5.41) is 2.22. The number of hydrogen-bond acceptors (Lipinski definition) is 5. The SMILES string of the molecule is CCOc1c(Br)cc(/C=C2\C(=O)NC(=O)N(c3ccc(Br)c(C)c3)C2=O)cc1OC. The number of hydrogen-bond donors (Lipinski definition) is 1. The van der Waals surface area contributed by atoms with Gasteiger partial charge in [0.1, 0.15) is 5.57 Å². The van der Waals surface area contributed by atoms with Crippen LogP contribution in [0.3, 0.4) is 0 Å². The summed E-state index contributed by atoms with van der Waals surface area (Å²) < 4.78 is 12.4. The molecule has 0 saturated carbocycles. The molecule has 4 amide bonds. The average Bonchev–Trinajstić information content (AvgIpc) is 2.69. The van der Waals surface area contributed by atoms with Gasteiger partial charge in [0.25, 0.3) is 11.8 Å². The number of aryl methyl sites for hydroxylation is 1. The molecular formula is C21H18Br2N2O5. The largest absolute Gasteiger partial charge is 0.493 e. The molecule has 1 heterocycles. The average molecular weight is 538 g/mol. The lowest BCUT2D eigenvalue weighted by Crippen LogP contribution is -2.54.